The van der Waals surface area contributed by atoms with E-state index in [0.717, 1.165) is 31.6 Å². The summed E-state index contributed by atoms with van der Waals surface area (Å²) in [6.45, 7) is 2.28. The number of carbonyl (C=O) groups excluding carboxylic acids is 2. The van der Waals surface area contributed by atoms with Crippen molar-refractivity contribution in [2.24, 2.45) is 0 Å². The molecule has 0 atom stereocenters. The van der Waals surface area contributed by atoms with Gasteiger partial charge in [-0.3, -0.25) is 14.5 Å². The molecule has 4 N–H and O–H groups in total. The Hall–Kier alpha value is -3.40. The molecule has 1 fully saturated rings. The smallest absolute Gasteiger partial charge is 0.291 e. The third kappa shape index (κ3) is 7.55. The summed E-state index contributed by atoms with van der Waals surface area (Å²) in [5.74, 6) is -0.152. The van der Waals surface area contributed by atoms with Crippen LogP contribution < -0.4 is 21.3 Å². The lowest BCUT2D eigenvalue weighted by molar-refractivity contribution is -0.117. The molecule has 2 aromatic carbocycles. The van der Waals surface area contributed by atoms with Crippen LogP contribution in [0.2, 0.25) is 5.02 Å². The van der Waals surface area contributed by atoms with Crippen molar-refractivity contribution < 1.29 is 14.0 Å². The Morgan fingerprint density at radius 2 is 1.50 bits per heavy atom. The molecule has 0 saturated carbocycles. The first-order valence-electron chi connectivity index (χ1n) is 11.8. The second-order valence-electron chi connectivity index (χ2n) is 8.52. The standard InChI is InChI=1S/C26H28ClN5O3S/c27-21-16-20(11-12-22(21)31-24(33)17-32-13-3-1-2-4-14-32)30-26(36)29-19-9-7-18(8-10-19)28-25(34)23-6-5-15-35-23/h5-12,15-16H,1-4,13-14,17H2,(H,28,34)(H,31,33)(H2,29,30,36). The molecular formula is C26H28ClN5O3S. The summed E-state index contributed by atoms with van der Waals surface area (Å²) >= 11 is 11.8. The number of carbonyl (C=O) groups is 2. The number of nitrogens with zero attached hydrogens (tertiary/aromatic N) is 1. The molecule has 0 bridgehead atoms. The van der Waals surface area contributed by atoms with Crippen LogP contribution in [0.4, 0.5) is 22.7 Å². The molecule has 188 valence electrons. The lowest BCUT2D eigenvalue weighted by atomic mass is 10.2. The molecule has 10 heteroatoms. The van der Waals surface area contributed by atoms with Crippen molar-refractivity contribution in [3.8, 4) is 0 Å². The van der Waals surface area contributed by atoms with Crippen molar-refractivity contribution in [1.29, 1.82) is 0 Å². The zero-order valence-electron chi connectivity index (χ0n) is 19.7. The Morgan fingerprint density at radius 1 is 0.861 bits per heavy atom. The number of likely N-dealkylation sites (tertiary alicyclic amines) is 1. The van der Waals surface area contributed by atoms with Gasteiger partial charge in [0.2, 0.25) is 5.91 Å². The normalized spacial score (nSPS) is 13.9. The average Bonchev–Trinajstić information content (AvgIpc) is 3.28. The summed E-state index contributed by atoms with van der Waals surface area (Å²) in [7, 11) is 0. The largest absolute Gasteiger partial charge is 0.459 e. The number of rotatable bonds is 7. The van der Waals surface area contributed by atoms with Crippen LogP contribution in [-0.2, 0) is 4.79 Å². The molecule has 2 heterocycles. The molecule has 2 amide bonds. The van der Waals surface area contributed by atoms with Gasteiger partial charge in [0.25, 0.3) is 5.91 Å². The van der Waals surface area contributed by atoms with E-state index < -0.39 is 0 Å². The number of halogens is 1. The summed E-state index contributed by atoms with van der Waals surface area (Å²) in [4.78, 5) is 26.7. The third-order valence-corrected chi connectivity index (χ3v) is 6.23. The van der Waals surface area contributed by atoms with Gasteiger partial charge in [0.15, 0.2) is 10.9 Å². The van der Waals surface area contributed by atoms with E-state index in [1.807, 2.05) is 0 Å². The number of amides is 2. The molecule has 1 aliphatic heterocycles. The van der Waals surface area contributed by atoms with E-state index in [9.17, 15) is 9.59 Å². The molecule has 8 nitrogen and oxygen atoms in total. The van der Waals surface area contributed by atoms with Gasteiger partial charge < -0.3 is 25.7 Å². The van der Waals surface area contributed by atoms with Gasteiger partial charge in [0.1, 0.15) is 0 Å². The first-order valence-corrected chi connectivity index (χ1v) is 12.6. The minimum absolute atomic E-state index is 0.0690. The van der Waals surface area contributed by atoms with Crippen LogP contribution in [0.25, 0.3) is 0 Å². The molecule has 0 radical (unpaired) electrons. The Labute approximate surface area is 220 Å². The SMILES string of the molecule is O=C(CN1CCCCCC1)Nc1ccc(NC(=S)Nc2ccc(NC(=O)c3ccco3)cc2)cc1Cl. The van der Waals surface area contributed by atoms with E-state index in [1.165, 1.54) is 19.1 Å². The zero-order valence-corrected chi connectivity index (χ0v) is 21.3. The maximum Gasteiger partial charge on any atom is 0.291 e. The van der Waals surface area contributed by atoms with Gasteiger partial charge in [-0.05, 0) is 92.7 Å². The van der Waals surface area contributed by atoms with E-state index in [2.05, 4.69) is 26.2 Å². The van der Waals surface area contributed by atoms with Gasteiger partial charge in [-0.1, -0.05) is 24.4 Å². The zero-order chi connectivity index (χ0) is 25.3. The summed E-state index contributed by atoms with van der Waals surface area (Å²) in [5.41, 5.74) is 2.62. The van der Waals surface area contributed by atoms with Gasteiger partial charge in [-0.15, -0.1) is 0 Å². The first kappa shape index (κ1) is 25.7. The highest BCUT2D eigenvalue weighted by Crippen LogP contribution is 2.26. The number of anilines is 4. The Balaban J connectivity index is 1.26. The molecule has 4 rings (SSSR count). The predicted molar refractivity (Wildman–Crippen MR) is 148 cm³/mol. The maximum atomic E-state index is 12.5. The van der Waals surface area contributed by atoms with Gasteiger partial charge in [-0.2, -0.15) is 0 Å². The molecule has 0 unspecified atom stereocenters. The monoisotopic (exact) mass is 525 g/mol. The lowest BCUT2D eigenvalue weighted by Crippen LogP contribution is -2.34. The second-order valence-corrected chi connectivity index (χ2v) is 9.34. The quantitative estimate of drug-likeness (QED) is 0.289. The van der Waals surface area contributed by atoms with Gasteiger partial charge >= 0.3 is 0 Å². The van der Waals surface area contributed by atoms with E-state index >= 15 is 0 Å². The molecule has 0 spiro atoms. The van der Waals surface area contributed by atoms with Crippen molar-refractivity contribution in [3.63, 3.8) is 0 Å². The van der Waals surface area contributed by atoms with E-state index in [4.69, 9.17) is 28.2 Å². The predicted octanol–water partition coefficient (Wildman–Crippen LogP) is 5.81. The molecule has 3 aromatic rings. The van der Waals surface area contributed by atoms with Crippen LogP contribution in [0.15, 0.2) is 65.3 Å². The van der Waals surface area contributed by atoms with E-state index in [1.54, 1.807) is 54.6 Å². The van der Waals surface area contributed by atoms with Crippen molar-refractivity contribution in [3.05, 3.63) is 71.6 Å². The van der Waals surface area contributed by atoms with Crippen molar-refractivity contribution in [2.45, 2.75) is 25.7 Å². The summed E-state index contributed by atoms with van der Waals surface area (Å²) in [6.07, 6.45) is 6.17. The minimum atomic E-state index is -0.323. The van der Waals surface area contributed by atoms with Crippen LogP contribution in [0.3, 0.4) is 0 Å². The molecule has 0 aliphatic carbocycles. The topological polar surface area (TPSA) is 98.6 Å². The van der Waals surface area contributed by atoms with Crippen molar-refractivity contribution in [2.75, 3.05) is 40.9 Å². The van der Waals surface area contributed by atoms with E-state index in [0.29, 0.717) is 33.7 Å². The highest BCUT2D eigenvalue weighted by Gasteiger charge is 2.14. The number of hydrogen-bond donors (Lipinski definition) is 4. The number of thiocarbonyl (C=S) groups is 1. The summed E-state index contributed by atoms with van der Waals surface area (Å²) in [5, 5.41) is 12.6. The van der Waals surface area contributed by atoms with E-state index in [-0.39, 0.29) is 17.6 Å². The fraction of sp³-hybridized carbons (Fsp3) is 0.269. The van der Waals surface area contributed by atoms with Crippen LogP contribution >= 0.6 is 23.8 Å². The molecule has 1 aromatic heterocycles. The Bertz CT molecular complexity index is 1190. The number of furan rings is 1. The number of hydrogen-bond acceptors (Lipinski definition) is 5. The van der Waals surface area contributed by atoms with Crippen molar-refractivity contribution >= 4 is 63.5 Å². The van der Waals surface area contributed by atoms with Gasteiger partial charge in [0.05, 0.1) is 23.5 Å². The highest BCUT2D eigenvalue weighted by molar-refractivity contribution is 7.80. The second kappa shape index (κ2) is 12.5. The number of benzene rings is 2. The maximum absolute atomic E-state index is 12.5. The summed E-state index contributed by atoms with van der Waals surface area (Å²) < 4.78 is 5.09. The molecule has 36 heavy (non-hydrogen) atoms. The first-order chi connectivity index (χ1) is 17.5. The minimum Gasteiger partial charge on any atom is -0.459 e. The Morgan fingerprint density at radius 3 is 2.14 bits per heavy atom. The van der Waals surface area contributed by atoms with Crippen LogP contribution in [0.1, 0.15) is 36.2 Å². The third-order valence-electron chi connectivity index (χ3n) is 5.71. The number of nitrogens with one attached hydrogen (secondary N) is 4. The van der Waals surface area contributed by atoms with Crippen LogP contribution in [0.5, 0.6) is 0 Å². The molecule has 1 saturated heterocycles. The van der Waals surface area contributed by atoms with Crippen LogP contribution in [-0.4, -0.2) is 41.5 Å². The highest BCUT2D eigenvalue weighted by atomic mass is 35.5. The Kier molecular flexibility index (Phi) is 8.94. The fourth-order valence-electron chi connectivity index (χ4n) is 3.91. The lowest BCUT2D eigenvalue weighted by Gasteiger charge is -2.19. The molecule has 1 aliphatic rings. The summed E-state index contributed by atoms with van der Waals surface area (Å²) in [6, 6.07) is 15.6. The van der Waals surface area contributed by atoms with Gasteiger partial charge in [-0.25, -0.2) is 0 Å². The average molecular weight is 526 g/mol. The molecular weight excluding hydrogens is 498 g/mol. The van der Waals surface area contributed by atoms with Crippen LogP contribution in [0, 0.1) is 0 Å². The fourth-order valence-corrected chi connectivity index (χ4v) is 4.38. The van der Waals surface area contributed by atoms with Gasteiger partial charge in [0, 0.05) is 17.1 Å². The van der Waals surface area contributed by atoms with Crippen molar-refractivity contribution in [1.82, 2.24) is 4.90 Å².